The molecule has 0 atom stereocenters. The molecule has 1 rings (SSSR count). The molecule has 2 N–H and O–H groups in total. The van der Waals surface area contributed by atoms with Crippen molar-refractivity contribution >= 4 is 35.1 Å². The Morgan fingerprint density at radius 3 is 2.18 bits per heavy atom. The minimum Gasteiger partial charge on any atom is -0.384 e. The van der Waals surface area contributed by atoms with Gasteiger partial charge in [0.05, 0.1) is 0 Å². The number of rotatable bonds is 22. The second kappa shape index (κ2) is 21.7. The van der Waals surface area contributed by atoms with Gasteiger partial charge < -0.3 is 15.4 Å². The monoisotopic (exact) mass is 496 g/mol. The summed E-state index contributed by atoms with van der Waals surface area (Å²) in [6.45, 7) is 5.63. The maximum absolute atomic E-state index is 12.4. The van der Waals surface area contributed by atoms with E-state index in [9.17, 15) is 4.79 Å². The molecule has 4 nitrogen and oxygen atoms in total. The van der Waals surface area contributed by atoms with Gasteiger partial charge in [-0.1, -0.05) is 58.3 Å². The number of unbranched alkanes of at least 4 members (excludes halogenated alkanes) is 9. The van der Waals surface area contributed by atoms with Crippen LogP contribution in [0.4, 0.5) is 5.69 Å². The predicted molar refractivity (Wildman–Crippen MR) is 149 cm³/mol. The zero-order valence-corrected chi connectivity index (χ0v) is 23.0. The van der Waals surface area contributed by atoms with Gasteiger partial charge in [-0.05, 0) is 62.1 Å². The van der Waals surface area contributed by atoms with Crippen LogP contribution in [-0.2, 0) is 4.74 Å². The molecular weight excluding hydrogens is 448 g/mol. The first kappa shape index (κ1) is 30.2. The van der Waals surface area contributed by atoms with Gasteiger partial charge in [0.25, 0.3) is 5.91 Å². The molecule has 0 bridgehead atoms. The summed E-state index contributed by atoms with van der Waals surface area (Å²) in [6, 6.07) is 5.94. The number of nitrogens with one attached hydrogen (secondary N) is 2. The molecule has 0 aliphatic carbocycles. The molecule has 0 radical (unpaired) electrons. The second-order valence-corrected chi connectivity index (χ2v) is 10.4. The molecule has 0 heterocycles. The van der Waals surface area contributed by atoms with E-state index in [4.69, 9.17) is 4.74 Å². The Morgan fingerprint density at radius 2 is 1.52 bits per heavy atom. The molecule has 190 valence electrons. The van der Waals surface area contributed by atoms with Gasteiger partial charge in [0, 0.05) is 42.4 Å². The van der Waals surface area contributed by atoms with Gasteiger partial charge in [0.15, 0.2) is 0 Å². The molecule has 0 unspecified atom stereocenters. The molecular formula is C27H48N2O2S2. The van der Waals surface area contributed by atoms with Crippen molar-refractivity contribution in [3.05, 3.63) is 23.8 Å². The van der Waals surface area contributed by atoms with E-state index >= 15 is 0 Å². The van der Waals surface area contributed by atoms with E-state index in [1.165, 1.54) is 62.7 Å². The Labute approximate surface area is 212 Å². The number of benzene rings is 1. The van der Waals surface area contributed by atoms with E-state index in [-0.39, 0.29) is 5.91 Å². The Hall–Kier alpha value is -0.850. The first-order chi connectivity index (χ1) is 16.2. The summed E-state index contributed by atoms with van der Waals surface area (Å²) < 4.78 is 5.81. The fourth-order valence-corrected chi connectivity index (χ4v) is 4.67. The van der Waals surface area contributed by atoms with Crippen molar-refractivity contribution in [3.8, 4) is 0 Å². The molecule has 1 amide bonds. The van der Waals surface area contributed by atoms with Crippen LogP contribution in [0.2, 0.25) is 0 Å². The second-order valence-electron chi connectivity index (χ2n) is 8.59. The zero-order valence-electron chi connectivity index (χ0n) is 21.4. The predicted octanol–water partition coefficient (Wildman–Crippen LogP) is 7.63. The van der Waals surface area contributed by atoms with Crippen LogP contribution < -0.4 is 10.6 Å². The summed E-state index contributed by atoms with van der Waals surface area (Å²) in [6.07, 6.45) is 19.5. The maximum Gasteiger partial charge on any atom is 0.251 e. The van der Waals surface area contributed by atoms with Crippen LogP contribution in [0.5, 0.6) is 0 Å². The molecule has 0 spiro atoms. The van der Waals surface area contributed by atoms with Crippen molar-refractivity contribution < 1.29 is 9.53 Å². The Balaban J connectivity index is 2.12. The standard InChI is InChI=1S/C27H48N2O2S2/c1-4-5-6-7-8-9-10-11-13-20-31-21-14-12-18-28-25-23-24(16-17-26(25)33-3)27(30)29-19-15-22-32-2/h16-17,23,28H,4-15,18-22H2,1-3H3,(H,29,30). The highest BCUT2D eigenvalue weighted by Crippen LogP contribution is 2.26. The highest BCUT2D eigenvalue weighted by Gasteiger charge is 2.09. The topological polar surface area (TPSA) is 50.4 Å². The van der Waals surface area contributed by atoms with Crippen LogP contribution in [0.3, 0.4) is 0 Å². The number of amides is 1. The summed E-state index contributed by atoms with van der Waals surface area (Å²) in [5, 5.41) is 6.54. The fourth-order valence-electron chi connectivity index (χ4n) is 3.68. The van der Waals surface area contributed by atoms with Gasteiger partial charge >= 0.3 is 0 Å². The third-order valence-electron chi connectivity index (χ3n) is 5.70. The maximum atomic E-state index is 12.4. The van der Waals surface area contributed by atoms with Crippen molar-refractivity contribution in [2.45, 2.75) is 88.9 Å². The van der Waals surface area contributed by atoms with Gasteiger partial charge in [-0.15, -0.1) is 11.8 Å². The summed E-state index contributed by atoms with van der Waals surface area (Å²) in [4.78, 5) is 13.6. The lowest BCUT2D eigenvalue weighted by atomic mass is 10.1. The van der Waals surface area contributed by atoms with Crippen LogP contribution in [0.25, 0.3) is 0 Å². The van der Waals surface area contributed by atoms with Crippen molar-refractivity contribution in [3.63, 3.8) is 0 Å². The number of hydrogen-bond donors (Lipinski definition) is 2. The molecule has 0 aliphatic rings. The smallest absolute Gasteiger partial charge is 0.251 e. The highest BCUT2D eigenvalue weighted by molar-refractivity contribution is 7.98. The van der Waals surface area contributed by atoms with E-state index in [1.54, 1.807) is 23.5 Å². The van der Waals surface area contributed by atoms with E-state index in [0.29, 0.717) is 0 Å². The molecule has 0 saturated heterocycles. The van der Waals surface area contributed by atoms with Crippen LogP contribution in [0.15, 0.2) is 23.1 Å². The average molecular weight is 497 g/mol. The number of anilines is 1. The highest BCUT2D eigenvalue weighted by atomic mass is 32.2. The van der Waals surface area contributed by atoms with Gasteiger partial charge in [-0.2, -0.15) is 11.8 Å². The lowest BCUT2D eigenvalue weighted by Crippen LogP contribution is -2.24. The van der Waals surface area contributed by atoms with Crippen molar-refractivity contribution in [1.82, 2.24) is 5.32 Å². The summed E-state index contributed by atoms with van der Waals surface area (Å²) >= 11 is 3.51. The van der Waals surface area contributed by atoms with E-state index in [2.05, 4.69) is 30.1 Å². The molecule has 0 aromatic heterocycles. The van der Waals surface area contributed by atoms with Crippen LogP contribution in [0.1, 0.15) is 94.3 Å². The van der Waals surface area contributed by atoms with Gasteiger partial charge in [0.1, 0.15) is 0 Å². The number of ether oxygens (including phenoxy) is 1. The minimum absolute atomic E-state index is 0.0108. The Morgan fingerprint density at radius 1 is 0.848 bits per heavy atom. The molecule has 0 fully saturated rings. The first-order valence-corrected chi connectivity index (χ1v) is 15.6. The third-order valence-corrected chi connectivity index (χ3v) is 7.19. The largest absolute Gasteiger partial charge is 0.384 e. The van der Waals surface area contributed by atoms with E-state index in [1.807, 2.05) is 18.2 Å². The minimum atomic E-state index is 0.0108. The van der Waals surface area contributed by atoms with E-state index < -0.39 is 0 Å². The number of carbonyl (C=O) groups excluding carboxylic acids is 1. The van der Waals surface area contributed by atoms with Crippen LogP contribution in [-0.4, -0.2) is 50.5 Å². The fraction of sp³-hybridized carbons (Fsp3) is 0.741. The van der Waals surface area contributed by atoms with Crippen LogP contribution in [0, 0.1) is 0 Å². The quantitative estimate of drug-likeness (QED) is 0.128. The summed E-state index contributed by atoms with van der Waals surface area (Å²) in [7, 11) is 0. The Kier molecular flexibility index (Phi) is 19.8. The van der Waals surface area contributed by atoms with Crippen LogP contribution >= 0.6 is 23.5 Å². The SMILES string of the molecule is CCCCCCCCCCCOCCCCNc1cc(C(=O)NCCCSC)ccc1SC. The summed E-state index contributed by atoms with van der Waals surface area (Å²) in [5.41, 5.74) is 1.78. The van der Waals surface area contributed by atoms with Crippen molar-refractivity contribution in [2.75, 3.05) is 49.9 Å². The van der Waals surface area contributed by atoms with Crippen molar-refractivity contribution in [2.24, 2.45) is 0 Å². The molecule has 1 aromatic carbocycles. The lowest BCUT2D eigenvalue weighted by molar-refractivity contribution is 0.0953. The molecule has 33 heavy (non-hydrogen) atoms. The Bertz CT molecular complexity index is 614. The van der Waals surface area contributed by atoms with E-state index in [0.717, 1.165) is 62.6 Å². The molecule has 0 aliphatic heterocycles. The first-order valence-electron chi connectivity index (χ1n) is 13.0. The number of hydrogen-bond acceptors (Lipinski definition) is 5. The lowest BCUT2D eigenvalue weighted by Gasteiger charge is -2.13. The van der Waals surface area contributed by atoms with Crippen molar-refractivity contribution in [1.29, 1.82) is 0 Å². The van der Waals surface area contributed by atoms with Gasteiger partial charge in [0.2, 0.25) is 0 Å². The van der Waals surface area contributed by atoms with Gasteiger partial charge in [-0.3, -0.25) is 4.79 Å². The summed E-state index contributed by atoms with van der Waals surface area (Å²) in [5.74, 6) is 1.08. The molecule has 6 heteroatoms. The van der Waals surface area contributed by atoms with Gasteiger partial charge in [-0.25, -0.2) is 0 Å². The zero-order chi connectivity index (χ0) is 24.0. The average Bonchev–Trinajstić information content (AvgIpc) is 2.84. The molecule has 0 saturated carbocycles. The number of carbonyl (C=O) groups is 1. The molecule has 1 aromatic rings. The number of thioether (sulfide) groups is 2. The third kappa shape index (κ3) is 15.6. The normalized spacial score (nSPS) is 11.0.